The van der Waals surface area contributed by atoms with Gasteiger partial charge >= 0.3 is 6.03 Å². The van der Waals surface area contributed by atoms with Crippen LogP contribution in [-0.4, -0.2) is 75.2 Å². The summed E-state index contributed by atoms with van der Waals surface area (Å²) in [5, 5.41) is 2.81. The van der Waals surface area contributed by atoms with Crippen LogP contribution in [0, 0.1) is 0 Å². The van der Waals surface area contributed by atoms with E-state index in [4.69, 9.17) is 14.2 Å². The molecule has 0 radical (unpaired) electrons. The number of urea groups is 1. The summed E-state index contributed by atoms with van der Waals surface area (Å²) in [5.41, 5.74) is 1.17. The molecular weight excluding hydrogens is 436 g/mol. The minimum atomic E-state index is -2.55. The SMILES string of the molecule is COc1ccc(C(=O)N2CCN(C(=O)NCc3cccc(OCC(F)F)c3)CC2)c(OC)c1. The van der Waals surface area contributed by atoms with Crippen molar-refractivity contribution in [3.63, 3.8) is 0 Å². The van der Waals surface area contributed by atoms with E-state index in [0.29, 0.717) is 49.0 Å². The number of nitrogens with zero attached hydrogens (tertiary/aromatic N) is 2. The highest BCUT2D eigenvalue weighted by Gasteiger charge is 2.26. The number of benzene rings is 2. The molecule has 10 heteroatoms. The number of carbonyl (C=O) groups is 2. The molecule has 1 N–H and O–H groups in total. The Morgan fingerprint density at radius 1 is 0.970 bits per heavy atom. The zero-order valence-corrected chi connectivity index (χ0v) is 18.6. The molecule has 0 atom stereocenters. The first-order valence-electron chi connectivity index (χ1n) is 10.4. The molecule has 8 nitrogen and oxygen atoms in total. The Morgan fingerprint density at radius 2 is 1.70 bits per heavy atom. The number of piperazine rings is 1. The van der Waals surface area contributed by atoms with Gasteiger partial charge in [0.05, 0.1) is 19.8 Å². The van der Waals surface area contributed by atoms with Crippen LogP contribution < -0.4 is 19.5 Å². The van der Waals surface area contributed by atoms with Crippen molar-refractivity contribution in [1.82, 2.24) is 15.1 Å². The maximum atomic E-state index is 12.9. The summed E-state index contributed by atoms with van der Waals surface area (Å²) >= 11 is 0. The Kier molecular flexibility index (Phi) is 8.28. The fourth-order valence-electron chi connectivity index (χ4n) is 3.45. The van der Waals surface area contributed by atoms with Gasteiger partial charge < -0.3 is 29.3 Å². The summed E-state index contributed by atoms with van der Waals surface area (Å²) in [6, 6.07) is 11.4. The van der Waals surface area contributed by atoms with Crippen LogP contribution in [0.15, 0.2) is 42.5 Å². The molecule has 0 spiro atoms. The second-order valence-electron chi connectivity index (χ2n) is 7.35. The molecule has 3 amide bonds. The van der Waals surface area contributed by atoms with Gasteiger partial charge in [0.15, 0.2) is 0 Å². The molecule has 0 saturated carbocycles. The third-order valence-corrected chi connectivity index (χ3v) is 5.21. The number of rotatable bonds is 8. The molecule has 2 aromatic carbocycles. The standard InChI is InChI=1S/C23H27F2N3O5/c1-31-17-6-7-19(20(13-17)32-2)22(29)27-8-10-28(11-9-27)23(30)26-14-16-4-3-5-18(12-16)33-15-21(24)25/h3-7,12-13,21H,8-11,14-15H2,1-2H3,(H,26,30). The summed E-state index contributed by atoms with van der Waals surface area (Å²) in [5.74, 6) is 1.17. The lowest BCUT2D eigenvalue weighted by Crippen LogP contribution is -2.53. The lowest BCUT2D eigenvalue weighted by molar-refractivity contribution is 0.0661. The highest BCUT2D eigenvalue weighted by atomic mass is 19.3. The van der Waals surface area contributed by atoms with E-state index >= 15 is 0 Å². The molecule has 0 aliphatic carbocycles. The maximum absolute atomic E-state index is 12.9. The van der Waals surface area contributed by atoms with E-state index in [1.807, 2.05) is 0 Å². The monoisotopic (exact) mass is 463 g/mol. The minimum absolute atomic E-state index is 0.171. The molecular formula is C23H27F2N3O5. The van der Waals surface area contributed by atoms with E-state index in [1.165, 1.54) is 7.11 Å². The number of amides is 3. The number of carbonyl (C=O) groups excluding carboxylic acids is 2. The van der Waals surface area contributed by atoms with Gasteiger partial charge in [-0.3, -0.25) is 4.79 Å². The summed E-state index contributed by atoms with van der Waals surface area (Å²) < 4.78 is 40.1. The highest BCUT2D eigenvalue weighted by Crippen LogP contribution is 2.26. The van der Waals surface area contributed by atoms with Crippen LogP contribution in [0.3, 0.4) is 0 Å². The molecule has 1 aliphatic rings. The quantitative estimate of drug-likeness (QED) is 0.651. The Hall–Kier alpha value is -3.56. The molecule has 178 valence electrons. The maximum Gasteiger partial charge on any atom is 0.317 e. The number of nitrogens with one attached hydrogen (secondary N) is 1. The van der Waals surface area contributed by atoms with Gasteiger partial charge in [0.1, 0.15) is 23.9 Å². The van der Waals surface area contributed by atoms with Crippen molar-refractivity contribution < 1.29 is 32.6 Å². The number of alkyl halides is 2. The first-order valence-corrected chi connectivity index (χ1v) is 10.4. The van der Waals surface area contributed by atoms with Gasteiger partial charge in [0.2, 0.25) is 0 Å². The van der Waals surface area contributed by atoms with Gasteiger partial charge in [-0.25, -0.2) is 13.6 Å². The Labute approximate surface area is 191 Å². The average Bonchev–Trinajstić information content (AvgIpc) is 2.85. The van der Waals surface area contributed by atoms with Crippen molar-refractivity contribution in [2.75, 3.05) is 47.0 Å². The largest absolute Gasteiger partial charge is 0.497 e. The van der Waals surface area contributed by atoms with E-state index in [-0.39, 0.29) is 18.5 Å². The molecule has 2 aromatic rings. The van der Waals surface area contributed by atoms with Crippen LogP contribution in [0.2, 0.25) is 0 Å². The highest BCUT2D eigenvalue weighted by molar-refractivity contribution is 5.97. The van der Waals surface area contributed by atoms with Crippen molar-refractivity contribution >= 4 is 11.9 Å². The van der Waals surface area contributed by atoms with Gasteiger partial charge in [-0.05, 0) is 29.8 Å². The van der Waals surface area contributed by atoms with Gasteiger partial charge in [-0.15, -0.1) is 0 Å². The number of halogens is 2. The van der Waals surface area contributed by atoms with E-state index in [0.717, 1.165) is 5.56 Å². The second kappa shape index (κ2) is 11.3. The number of hydrogen-bond donors (Lipinski definition) is 1. The normalized spacial score (nSPS) is 13.6. The third-order valence-electron chi connectivity index (χ3n) is 5.21. The van der Waals surface area contributed by atoms with Crippen LogP contribution >= 0.6 is 0 Å². The molecule has 0 unspecified atom stereocenters. The zero-order chi connectivity index (χ0) is 23.8. The smallest absolute Gasteiger partial charge is 0.317 e. The van der Waals surface area contributed by atoms with Crippen LogP contribution in [0.25, 0.3) is 0 Å². The first kappa shape index (κ1) is 24.1. The third kappa shape index (κ3) is 6.47. The predicted molar refractivity (Wildman–Crippen MR) is 117 cm³/mol. The fraction of sp³-hybridized carbons (Fsp3) is 0.391. The molecule has 0 aromatic heterocycles. The lowest BCUT2D eigenvalue weighted by atomic mass is 10.1. The van der Waals surface area contributed by atoms with Crippen molar-refractivity contribution in [1.29, 1.82) is 0 Å². The number of methoxy groups -OCH3 is 2. The number of ether oxygens (including phenoxy) is 3. The van der Waals surface area contributed by atoms with E-state index < -0.39 is 13.0 Å². The van der Waals surface area contributed by atoms with Crippen LogP contribution in [0.1, 0.15) is 15.9 Å². The van der Waals surface area contributed by atoms with E-state index in [1.54, 1.807) is 59.4 Å². The van der Waals surface area contributed by atoms with Gasteiger partial charge in [0.25, 0.3) is 12.3 Å². The van der Waals surface area contributed by atoms with Crippen molar-refractivity contribution in [3.05, 3.63) is 53.6 Å². The Morgan fingerprint density at radius 3 is 2.36 bits per heavy atom. The molecule has 3 rings (SSSR count). The molecule has 1 aliphatic heterocycles. The van der Waals surface area contributed by atoms with Crippen molar-refractivity contribution in [2.24, 2.45) is 0 Å². The molecule has 33 heavy (non-hydrogen) atoms. The van der Waals surface area contributed by atoms with Gasteiger partial charge in [0, 0.05) is 38.8 Å². The molecule has 1 saturated heterocycles. The second-order valence-corrected chi connectivity index (χ2v) is 7.35. The van der Waals surface area contributed by atoms with Crippen LogP contribution in [-0.2, 0) is 6.54 Å². The fourth-order valence-corrected chi connectivity index (χ4v) is 3.45. The summed E-state index contributed by atoms with van der Waals surface area (Å²) in [6.45, 7) is 1.09. The Bertz CT molecular complexity index is 965. The zero-order valence-electron chi connectivity index (χ0n) is 18.6. The van der Waals surface area contributed by atoms with Gasteiger partial charge in [-0.1, -0.05) is 12.1 Å². The topological polar surface area (TPSA) is 80.3 Å². The van der Waals surface area contributed by atoms with E-state index in [2.05, 4.69) is 5.32 Å². The van der Waals surface area contributed by atoms with E-state index in [9.17, 15) is 18.4 Å². The average molecular weight is 463 g/mol. The Balaban J connectivity index is 1.50. The van der Waals surface area contributed by atoms with Crippen molar-refractivity contribution in [3.8, 4) is 17.2 Å². The summed E-state index contributed by atoms with van der Waals surface area (Å²) in [4.78, 5) is 28.8. The van der Waals surface area contributed by atoms with Crippen LogP contribution in [0.4, 0.5) is 13.6 Å². The summed E-state index contributed by atoms with van der Waals surface area (Å²) in [6.07, 6.45) is -2.55. The van der Waals surface area contributed by atoms with Crippen LogP contribution in [0.5, 0.6) is 17.2 Å². The summed E-state index contributed by atoms with van der Waals surface area (Å²) in [7, 11) is 3.03. The first-order chi connectivity index (χ1) is 15.9. The molecule has 1 fully saturated rings. The molecule has 1 heterocycles. The lowest BCUT2D eigenvalue weighted by Gasteiger charge is -2.35. The van der Waals surface area contributed by atoms with Gasteiger partial charge in [-0.2, -0.15) is 0 Å². The minimum Gasteiger partial charge on any atom is -0.497 e. The predicted octanol–water partition coefficient (Wildman–Crippen LogP) is 3.02. The molecule has 0 bridgehead atoms. The van der Waals surface area contributed by atoms with Crippen molar-refractivity contribution in [2.45, 2.75) is 13.0 Å². The number of hydrogen-bond acceptors (Lipinski definition) is 5.